The Morgan fingerprint density at radius 1 is 1.33 bits per heavy atom. The quantitative estimate of drug-likeness (QED) is 0.339. The lowest BCUT2D eigenvalue weighted by molar-refractivity contribution is 0.0376. The number of hydrogen-bond donors (Lipinski definition) is 2. The maximum absolute atomic E-state index is 6.15. The summed E-state index contributed by atoms with van der Waals surface area (Å²) in [5.41, 5.74) is 4.35. The van der Waals surface area contributed by atoms with Crippen LogP contribution in [-0.4, -0.2) is 55.1 Å². The van der Waals surface area contributed by atoms with Crippen LogP contribution in [0.25, 0.3) is 0 Å². The molecule has 1 heterocycles. The van der Waals surface area contributed by atoms with Crippen molar-refractivity contribution in [1.82, 2.24) is 15.6 Å². The lowest BCUT2D eigenvalue weighted by Gasteiger charge is -2.26. The highest BCUT2D eigenvalue weighted by atomic mass is 35.5. The van der Waals surface area contributed by atoms with Crippen molar-refractivity contribution >= 4 is 46.2 Å². The van der Waals surface area contributed by atoms with Crippen LogP contribution < -0.4 is 10.7 Å². The van der Waals surface area contributed by atoms with Crippen molar-refractivity contribution in [3.63, 3.8) is 0 Å². The maximum Gasteiger partial charge on any atom is 0.186 e. The first-order valence-corrected chi connectivity index (χ1v) is 9.06. The summed E-state index contributed by atoms with van der Waals surface area (Å²) in [5, 5.41) is 9.13. The van der Waals surface area contributed by atoms with Crippen LogP contribution in [0.15, 0.2) is 23.3 Å². The highest BCUT2D eigenvalue weighted by Crippen LogP contribution is 2.21. The molecule has 0 amide bonds. The third-order valence-corrected chi connectivity index (χ3v) is 4.48. The van der Waals surface area contributed by atoms with Gasteiger partial charge in [-0.15, -0.1) is 0 Å². The minimum absolute atomic E-state index is 0.495. The second kappa shape index (κ2) is 10.2. The fourth-order valence-corrected chi connectivity index (χ4v) is 2.91. The van der Waals surface area contributed by atoms with Gasteiger partial charge in [0.25, 0.3) is 0 Å². The van der Waals surface area contributed by atoms with Gasteiger partial charge in [-0.3, -0.25) is 10.3 Å². The molecule has 2 N–H and O–H groups in total. The number of halogens is 2. The first kappa shape index (κ1) is 19.4. The van der Waals surface area contributed by atoms with E-state index in [1.165, 1.54) is 0 Å². The highest BCUT2D eigenvalue weighted by Gasteiger charge is 2.09. The van der Waals surface area contributed by atoms with E-state index in [0.29, 0.717) is 15.2 Å². The van der Waals surface area contributed by atoms with Gasteiger partial charge in [0, 0.05) is 35.2 Å². The van der Waals surface area contributed by atoms with E-state index in [1.807, 2.05) is 6.92 Å². The van der Waals surface area contributed by atoms with Crippen LogP contribution in [0.5, 0.6) is 0 Å². The third kappa shape index (κ3) is 6.53. The Balaban J connectivity index is 1.70. The highest BCUT2D eigenvalue weighted by molar-refractivity contribution is 7.80. The van der Waals surface area contributed by atoms with Gasteiger partial charge < -0.3 is 10.1 Å². The maximum atomic E-state index is 6.15. The summed E-state index contributed by atoms with van der Waals surface area (Å²) >= 11 is 17.4. The summed E-state index contributed by atoms with van der Waals surface area (Å²) in [5.74, 6) is 0. The van der Waals surface area contributed by atoms with Gasteiger partial charge in [0.2, 0.25) is 0 Å². The average molecular weight is 389 g/mol. The van der Waals surface area contributed by atoms with Crippen molar-refractivity contribution in [2.45, 2.75) is 13.3 Å². The van der Waals surface area contributed by atoms with Crippen molar-refractivity contribution < 1.29 is 4.74 Å². The molecule has 1 aromatic carbocycles. The number of nitrogens with zero attached hydrogens (tertiary/aromatic N) is 2. The molecule has 8 heteroatoms. The van der Waals surface area contributed by atoms with E-state index in [4.69, 9.17) is 40.2 Å². The molecule has 0 atom stereocenters. The predicted octanol–water partition coefficient (Wildman–Crippen LogP) is 2.90. The van der Waals surface area contributed by atoms with Gasteiger partial charge in [-0.1, -0.05) is 23.2 Å². The van der Waals surface area contributed by atoms with E-state index in [-0.39, 0.29) is 0 Å². The summed E-state index contributed by atoms with van der Waals surface area (Å²) in [7, 11) is 0. The minimum Gasteiger partial charge on any atom is -0.379 e. The normalized spacial score (nSPS) is 16.0. The molecule has 1 aliphatic rings. The molecule has 0 saturated carbocycles. The van der Waals surface area contributed by atoms with Crippen LogP contribution in [0.4, 0.5) is 0 Å². The Morgan fingerprint density at radius 3 is 2.83 bits per heavy atom. The molecule has 0 unspecified atom stereocenters. The number of ether oxygens (including phenoxy) is 1. The number of benzene rings is 1. The third-order valence-electron chi connectivity index (χ3n) is 3.68. The Labute approximate surface area is 158 Å². The first-order chi connectivity index (χ1) is 11.6. The lowest BCUT2D eigenvalue weighted by Crippen LogP contribution is -2.39. The van der Waals surface area contributed by atoms with Crippen LogP contribution >= 0.6 is 35.4 Å². The lowest BCUT2D eigenvalue weighted by atomic mass is 10.1. The van der Waals surface area contributed by atoms with Crippen LogP contribution in [0, 0.1) is 0 Å². The van der Waals surface area contributed by atoms with Gasteiger partial charge in [0.15, 0.2) is 5.11 Å². The second-order valence-corrected chi connectivity index (χ2v) is 6.75. The molecule has 1 aliphatic heterocycles. The predicted molar refractivity (Wildman–Crippen MR) is 104 cm³/mol. The van der Waals surface area contributed by atoms with E-state index >= 15 is 0 Å². The molecule has 2 rings (SSSR count). The minimum atomic E-state index is 0.495. The Kier molecular flexibility index (Phi) is 8.21. The van der Waals surface area contributed by atoms with E-state index in [2.05, 4.69) is 20.7 Å². The molecule has 1 fully saturated rings. The number of morpholine rings is 1. The van der Waals surface area contributed by atoms with Crippen LogP contribution in [-0.2, 0) is 4.74 Å². The van der Waals surface area contributed by atoms with Gasteiger partial charge in [-0.2, -0.15) is 5.10 Å². The monoisotopic (exact) mass is 388 g/mol. The molecule has 1 saturated heterocycles. The summed E-state index contributed by atoms with van der Waals surface area (Å²) in [6.07, 6.45) is 1.02. The zero-order valence-electron chi connectivity index (χ0n) is 13.6. The fourth-order valence-electron chi connectivity index (χ4n) is 2.34. The number of thiocarbonyl (C=S) groups is 1. The van der Waals surface area contributed by atoms with Crippen LogP contribution in [0.3, 0.4) is 0 Å². The Morgan fingerprint density at radius 2 is 2.08 bits per heavy atom. The molecule has 0 aliphatic carbocycles. The van der Waals surface area contributed by atoms with Crippen LogP contribution in [0.1, 0.15) is 18.9 Å². The Hall–Kier alpha value is -0.920. The molecule has 5 nitrogen and oxygen atoms in total. The number of hydrogen-bond acceptors (Lipinski definition) is 4. The molecule has 0 bridgehead atoms. The summed E-state index contributed by atoms with van der Waals surface area (Å²) in [4.78, 5) is 2.39. The van der Waals surface area contributed by atoms with E-state index in [9.17, 15) is 0 Å². The first-order valence-electron chi connectivity index (χ1n) is 7.90. The van der Waals surface area contributed by atoms with Gasteiger partial charge >= 0.3 is 0 Å². The number of nitrogens with one attached hydrogen (secondary N) is 2. The van der Waals surface area contributed by atoms with Gasteiger partial charge in [0.1, 0.15) is 0 Å². The van der Waals surface area contributed by atoms with Gasteiger partial charge in [-0.05, 0) is 50.3 Å². The number of hydrazone groups is 1. The van der Waals surface area contributed by atoms with Crippen molar-refractivity contribution in [1.29, 1.82) is 0 Å². The van der Waals surface area contributed by atoms with E-state index in [1.54, 1.807) is 18.2 Å². The molecule has 24 heavy (non-hydrogen) atoms. The van der Waals surface area contributed by atoms with Crippen molar-refractivity contribution in [3.8, 4) is 0 Å². The van der Waals surface area contributed by atoms with E-state index in [0.717, 1.165) is 57.1 Å². The molecule has 1 aromatic rings. The van der Waals surface area contributed by atoms with Crippen molar-refractivity contribution in [2.24, 2.45) is 5.10 Å². The van der Waals surface area contributed by atoms with Gasteiger partial charge in [0.05, 0.1) is 18.9 Å². The number of rotatable bonds is 6. The van der Waals surface area contributed by atoms with Crippen molar-refractivity contribution in [2.75, 3.05) is 39.4 Å². The van der Waals surface area contributed by atoms with Crippen molar-refractivity contribution in [3.05, 3.63) is 33.8 Å². The standard InChI is InChI=1S/C16H22Cl2N4OS/c1-12(14-11-13(17)3-4-15(14)18)20-21-16(24)19-5-2-6-22-7-9-23-10-8-22/h3-4,11H,2,5-10H2,1H3,(H2,19,21,24)/b20-12+. The fraction of sp³-hybridized carbons (Fsp3) is 0.500. The topological polar surface area (TPSA) is 48.9 Å². The van der Waals surface area contributed by atoms with Gasteiger partial charge in [-0.25, -0.2) is 0 Å². The summed E-state index contributed by atoms with van der Waals surface area (Å²) < 4.78 is 5.33. The molecular weight excluding hydrogens is 367 g/mol. The molecule has 0 aromatic heterocycles. The second-order valence-electron chi connectivity index (χ2n) is 5.50. The molecule has 0 radical (unpaired) electrons. The molecule has 0 spiro atoms. The SMILES string of the molecule is C/C(=N\NC(=S)NCCCN1CCOCC1)c1cc(Cl)ccc1Cl. The van der Waals surface area contributed by atoms with Crippen LogP contribution in [0.2, 0.25) is 10.0 Å². The molecular formula is C16H22Cl2N4OS. The van der Waals surface area contributed by atoms with E-state index < -0.39 is 0 Å². The zero-order chi connectivity index (χ0) is 17.4. The Bertz CT molecular complexity index is 591. The zero-order valence-corrected chi connectivity index (χ0v) is 16.0. The molecule has 132 valence electrons. The largest absolute Gasteiger partial charge is 0.379 e. The smallest absolute Gasteiger partial charge is 0.186 e. The summed E-state index contributed by atoms with van der Waals surface area (Å²) in [6, 6.07) is 5.28. The summed E-state index contributed by atoms with van der Waals surface area (Å²) in [6.45, 7) is 7.36. The average Bonchev–Trinajstić information content (AvgIpc) is 2.59.